The van der Waals surface area contributed by atoms with Crippen molar-refractivity contribution >= 4 is 87.4 Å². The van der Waals surface area contributed by atoms with Gasteiger partial charge >= 0.3 is 87.4 Å². The van der Waals surface area contributed by atoms with Gasteiger partial charge in [-0.15, -0.1) is 0 Å². The number of hydrogen-bond donors (Lipinski definition) is 4. The molecule has 0 aliphatic carbocycles. The Bertz CT molecular complexity index is 433. The number of carboxylic acids is 3. The van der Waals surface area contributed by atoms with Crippen molar-refractivity contribution in [2.45, 2.75) is 18.4 Å². The zero-order chi connectivity index (χ0) is 13.9. The molecule has 0 bridgehead atoms. The quantitative estimate of drug-likeness (QED) is 0.266. The van der Waals surface area contributed by atoms with Crippen molar-refractivity contribution in [3.8, 4) is 0 Å². The number of carboxylic acid groups (broad SMARTS) is 3. The maximum atomic E-state index is 10.7. The largest absolute Gasteiger partial charge is 0 e. The zero-order valence-electron chi connectivity index (χ0n) is 8.77. The maximum absolute atomic E-state index is 10.7. The van der Waals surface area contributed by atoms with Gasteiger partial charge < -0.3 is 15.3 Å². The SMILES string of the molecule is O=C(O)CC(CC(=O)O)(OS(=O)(=O)O)C(=O)O.[NaH].[NaH].[Zn]. The molecular formula is C6H10Na2O10SZn. The van der Waals surface area contributed by atoms with Crippen LogP contribution in [0.4, 0.5) is 0 Å². The summed E-state index contributed by atoms with van der Waals surface area (Å²) in [5.74, 6) is -5.76. The third-order valence-corrected chi connectivity index (χ3v) is 2.06. The van der Waals surface area contributed by atoms with Crippen LogP contribution in [0.1, 0.15) is 12.8 Å². The van der Waals surface area contributed by atoms with Crippen LogP contribution in [-0.4, -0.2) is 111 Å². The van der Waals surface area contributed by atoms with E-state index < -0.39 is 46.7 Å². The van der Waals surface area contributed by atoms with Crippen LogP contribution in [0.2, 0.25) is 0 Å². The Morgan fingerprint density at radius 1 is 0.950 bits per heavy atom. The molecule has 0 aliphatic rings. The Labute approximate surface area is 170 Å². The molecule has 0 aromatic rings. The van der Waals surface area contributed by atoms with Gasteiger partial charge in [-0.2, -0.15) is 8.42 Å². The van der Waals surface area contributed by atoms with Crippen molar-refractivity contribution in [2.75, 3.05) is 0 Å². The topological polar surface area (TPSA) is 175 Å². The molecule has 104 valence electrons. The zero-order valence-corrected chi connectivity index (χ0v) is 12.6. The van der Waals surface area contributed by atoms with Crippen LogP contribution in [-0.2, 0) is 48.4 Å². The van der Waals surface area contributed by atoms with Gasteiger partial charge in [0.1, 0.15) is 0 Å². The third kappa shape index (κ3) is 11.6. The third-order valence-electron chi connectivity index (χ3n) is 1.53. The number of hydrogen-bond acceptors (Lipinski definition) is 6. The minimum Gasteiger partial charge on any atom is 0 e. The van der Waals surface area contributed by atoms with Crippen molar-refractivity contribution in [3.63, 3.8) is 0 Å². The van der Waals surface area contributed by atoms with Crippen LogP contribution in [0.5, 0.6) is 0 Å². The van der Waals surface area contributed by atoms with Gasteiger partial charge in [-0.1, -0.05) is 0 Å². The smallest absolute Gasteiger partial charge is 0 e. The predicted octanol–water partition coefficient (Wildman–Crippen LogP) is -2.72. The minimum atomic E-state index is -5.33. The van der Waals surface area contributed by atoms with E-state index >= 15 is 0 Å². The minimum absolute atomic E-state index is 0. The summed E-state index contributed by atoms with van der Waals surface area (Å²) >= 11 is 0. The molecule has 0 aromatic heterocycles. The number of carbonyl (C=O) groups is 3. The second kappa shape index (κ2) is 11.5. The predicted molar refractivity (Wildman–Crippen MR) is 61.8 cm³/mol. The van der Waals surface area contributed by atoms with Gasteiger partial charge in [0.25, 0.3) is 0 Å². The van der Waals surface area contributed by atoms with Gasteiger partial charge in [0.05, 0.1) is 12.8 Å². The van der Waals surface area contributed by atoms with Gasteiger partial charge in [0.2, 0.25) is 5.60 Å². The normalized spacial score (nSPS) is 10.2. The molecule has 0 rings (SSSR count). The second-order valence-corrected chi connectivity index (χ2v) is 3.97. The Kier molecular flexibility index (Phi) is 16.6. The Hall–Kier alpha value is 0.903. The van der Waals surface area contributed by atoms with E-state index in [9.17, 15) is 22.8 Å². The van der Waals surface area contributed by atoms with Crippen molar-refractivity contribution in [2.24, 2.45) is 0 Å². The molecule has 20 heavy (non-hydrogen) atoms. The summed E-state index contributed by atoms with van der Waals surface area (Å²) in [6, 6.07) is 0. The molecule has 0 amide bonds. The average Bonchev–Trinajstić information content (AvgIpc) is 1.96. The molecule has 14 heteroatoms. The van der Waals surface area contributed by atoms with Gasteiger partial charge in [0.15, 0.2) is 0 Å². The number of aliphatic carboxylic acids is 3. The fourth-order valence-corrected chi connectivity index (χ4v) is 1.59. The molecule has 0 aliphatic heterocycles. The van der Waals surface area contributed by atoms with E-state index in [1.54, 1.807) is 0 Å². The van der Waals surface area contributed by atoms with Crippen LogP contribution in [0, 0.1) is 0 Å². The van der Waals surface area contributed by atoms with Gasteiger partial charge in [-0.25, -0.2) is 8.98 Å². The van der Waals surface area contributed by atoms with E-state index in [2.05, 4.69) is 4.18 Å². The monoisotopic (exact) mass is 384 g/mol. The van der Waals surface area contributed by atoms with Gasteiger partial charge in [-0.3, -0.25) is 14.1 Å². The molecule has 0 fully saturated rings. The standard InChI is InChI=1S/C6H8O10S.2Na.Zn.2H/c7-3(8)1-6(5(11)12,2-4(9)10)16-17(13,14)15;;;;;/h1-2H2,(H,7,8)(H,9,10)(H,11,12)(H,13,14,15);;;;;. The van der Waals surface area contributed by atoms with Crippen LogP contribution in [0.15, 0.2) is 0 Å². The van der Waals surface area contributed by atoms with Gasteiger partial charge in [0, 0.05) is 19.5 Å². The fraction of sp³-hybridized carbons (Fsp3) is 0.500. The first-order chi connectivity index (χ1) is 7.48. The Morgan fingerprint density at radius 3 is 1.40 bits per heavy atom. The Balaban J connectivity index is -0.000000427. The summed E-state index contributed by atoms with van der Waals surface area (Å²) in [4.78, 5) is 31.5. The molecule has 0 saturated heterocycles. The van der Waals surface area contributed by atoms with Crippen LogP contribution in [0.3, 0.4) is 0 Å². The molecule has 0 atom stereocenters. The maximum Gasteiger partial charge on any atom is 0 e. The first kappa shape index (κ1) is 29.0. The summed E-state index contributed by atoms with van der Waals surface area (Å²) in [6.07, 6.45) is -2.90. The first-order valence-corrected chi connectivity index (χ1v) is 5.20. The summed E-state index contributed by atoms with van der Waals surface area (Å²) in [5.41, 5.74) is -3.09. The molecule has 10 nitrogen and oxygen atoms in total. The van der Waals surface area contributed by atoms with E-state index in [1.807, 2.05) is 0 Å². The molecular weight excluding hydrogens is 375 g/mol. The van der Waals surface area contributed by atoms with Crippen LogP contribution in [0.25, 0.3) is 0 Å². The summed E-state index contributed by atoms with van der Waals surface area (Å²) in [7, 11) is -5.33. The molecule has 0 heterocycles. The average molecular weight is 386 g/mol. The van der Waals surface area contributed by atoms with Crippen molar-refractivity contribution < 1.29 is 66.3 Å². The van der Waals surface area contributed by atoms with Crippen molar-refractivity contribution in [1.29, 1.82) is 0 Å². The first-order valence-electron chi connectivity index (χ1n) is 3.83. The van der Waals surface area contributed by atoms with Gasteiger partial charge in [-0.05, 0) is 0 Å². The van der Waals surface area contributed by atoms with E-state index in [1.165, 1.54) is 0 Å². The molecule has 0 saturated carbocycles. The van der Waals surface area contributed by atoms with E-state index in [0.717, 1.165) is 0 Å². The van der Waals surface area contributed by atoms with E-state index in [0.29, 0.717) is 0 Å². The van der Waals surface area contributed by atoms with E-state index in [-0.39, 0.29) is 78.6 Å². The van der Waals surface area contributed by atoms with Crippen LogP contribution < -0.4 is 0 Å². The summed E-state index contributed by atoms with van der Waals surface area (Å²) in [5, 5.41) is 25.4. The molecule has 4 N–H and O–H groups in total. The second-order valence-electron chi connectivity index (χ2n) is 2.95. The molecule has 0 spiro atoms. The summed E-state index contributed by atoms with van der Waals surface area (Å²) < 4.78 is 32.8. The molecule has 0 unspecified atom stereocenters. The van der Waals surface area contributed by atoms with Crippen molar-refractivity contribution in [1.82, 2.24) is 0 Å². The fourth-order valence-electron chi connectivity index (χ4n) is 0.998. The van der Waals surface area contributed by atoms with Crippen molar-refractivity contribution in [3.05, 3.63) is 0 Å². The van der Waals surface area contributed by atoms with E-state index in [4.69, 9.17) is 19.9 Å². The number of rotatable bonds is 7. The Morgan fingerprint density at radius 2 is 1.25 bits per heavy atom. The summed E-state index contributed by atoms with van der Waals surface area (Å²) in [6.45, 7) is 0. The molecule has 0 radical (unpaired) electrons. The molecule has 0 aromatic carbocycles. The van der Waals surface area contributed by atoms with Crippen LogP contribution >= 0.6 is 0 Å².